The van der Waals surface area contributed by atoms with Gasteiger partial charge in [0.05, 0.1) is 0 Å². The van der Waals surface area contributed by atoms with E-state index < -0.39 is 51.0 Å². The summed E-state index contributed by atoms with van der Waals surface area (Å²) in [6.07, 6.45) is -3.25. The number of benzene rings is 1. The van der Waals surface area contributed by atoms with Crippen molar-refractivity contribution in [1.82, 2.24) is 15.2 Å². The van der Waals surface area contributed by atoms with Crippen LogP contribution in [0, 0.1) is 5.82 Å². The van der Waals surface area contributed by atoms with Crippen LogP contribution in [0.2, 0.25) is 0 Å². The fraction of sp³-hybridized carbons (Fsp3) is 0.400. The van der Waals surface area contributed by atoms with Crippen molar-refractivity contribution in [1.29, 1.82) is 0 Å². The van der Waals surface area contributed by atoms with Crippen molar-refractivity contribution in [3.05, 3.63) is 46.2 Å². The molecule has 1 aliphatic heterocycles. The van der Waals surface area contributed by atoms with Gasteiger partial charge in [0.15, 0.2) is 10.8 Å². The summed E-state index contributed by atoms with van der Waals surface area (Å²) in [5, 5.41) is 4.35. The molecule has 3 rings (SSSR count). The number of rotatable bonds is 5. The van der Waals surface area contributed by atoms with Crippen molar-refractivity contribution >= 4 is 34.2 Å². The van der Waals surface area contributed by atoms with Crippen LogP contribution >= 0.6 is 11.3 Å². The first-order valence-electron chi connectivity index (χ1n) is 9.65. The van der Waals surface area contributed by atoms with Gasteiger partial charge in [-0.15, -0.1) is 0 Å². The monoisotopic (exact) mass is 472 g/mol. The van der Waals surface area contributed by atoms with E-state index in [1.165, 1.54) is 13.8 Å². The number of ketones is 1. The summed E-state index contributed by atoms with van der Waals surface area (Å²) in [6, 6.07) is 3.58. The van der Waals surface area contributed by atoms with Crippen molar-refractivity contribution < 1.29 is 31.9 Å². The Labute approximate surface area is 184 Å². The van der Waals surface area contributed by atoms with E-state index in [-0.39, 0.29) is 5.56 Å². The molecule has 32 heavy (non-hydrogen) atoms. The third-order valence-corrected chi connectivity index (χ3v) is 5.78. The fourth-order valence-electron chi connectivity index (χ4n) is 3.03. The minimum Gasteiger partial charge on any atom is -0.325 e. The third-order valence-electron chi connectivity index (χ3n) is 4.81. The number of hydrogen-bond donors (Lipinski definition) is 2. The molecule has 12 heteroatoms. The van der Waals surface area contributed by atoms with Gasteiger partial charge in [-0.25, -0.2) is 14.2 Å². The third kappa shape index (κ3) is 5.23. The number of halogens is 4. The molecule has 3 amide bonds. The summed E-state index contributed by atoms with van der Waals surface area (Å²) in [7, 11) is 0. The van der Waals surface area contributed by atoms with Crippen molar-refractivity contribution in [2.75, 3.05) is 18.4 Å². The summed E-state index contributed by atoms with van der Waals surface area (Å²) >= 11 is 0.353. The van der Waals surface area contributed by atoms with Crippen molar-refractivity contribution in [2.45, 2.75) is 38.4 Å². The first kappa shape index (κ1) is 23.6. The average molecular weight is 472 g/mol. The lowest BCUT2D eigenvalue weighted by Gasteiger charge is -2.27. The van der Waals surface area contributed by atoms with Crippen LogP contribution in [0.15, 0.2) is 24.3 Å². The highest BCUT2D eigenvalue weighted by atomic mass is 32.1. The Bertz CT molecular complexity index is 1030. The molecule has 0 saturated carbocycles. The first-order valence-corrected chi connectivity index (χ1v) is 10.5. The summed E-state index contributed by atoms with van der Waals surface area (Å²) in [5.74, 6) is -2.45. The second-order valence-electron chi connectivity index (χ2n) is 7.73. The fourth-order valence-corrected chi connectivity index (χ4v) is 3.97. The van der Waals surface area contributed by atoms with E-state index in [0.717, 1.165) is 37.1 Å². The molecule has 0 aliphatic carbocycles. The Kier molecular flexibility index (Phi) is 6.54. The van der Waals surface area contributed by atoms with Gasteiger partial charge in [-0.05, 0) is 51.0 Å². The molecule has 1 aromatic carbocycles. The van der Waals surface area contributed by atoms with E-state index in [9.17, 15) is 31.9 Å². The number of anilines is 1. The highest BCUT2D eigenvalue weighted by molar-refractivity contribution is 7.18. The normalized spacial score (nSPS) is 14.4. The SMILES string of the molecule is CC(C)(NC(=O)N1CCCC1)C(=O)Nc1nc(C(F)(F)F)c(C(=O)c2ccc(F)cc2)s1. The maximum absolute atomic E-state index is 13.5. The number of amides is 3. The molecule has 1 fully saturated rings. The van der Waals surface area contributed by atoms with Gasteiger partial charge < -0.3 is 10.2 Å². The summed E-state index contributed by atoms with van der Waals surface area (Å²) < 4.78 is 53.5. The van der Waals surface area contributed by atoms with Crippen LogP contribution in [-0.4, -0.2) is 46.2 Å². The zero-order chi connectivity index (χ0) is 23.7. The number of thiazole rings is 1. The average Bonchev–Trinajstić information content (AvgIpc) is 3.37. The van der Waals surface area contributed by atoms with E-state index in [0.29, 0.717) is 24.4 Å². The molecule has 2 heterocycles. The molecule has 7 nitrogen and oxygen atoms in total. The number of alkyl halides is 3. The number of carbonyl (C=O) groups is 3. The molecule has 172 valence electrons. The quantitative estimate of drug-likeness (QED) is 0.507. The molecule has 0 unspecified atom stereocenters. The lowest BCUT2D eigenvalue weighted by Crippen LogP contribution is -2.55. The van der Waals surface area contributed by atoms with Gasteiger partial charge in [0.2, 0.25) is 5.78 Å². The first-order chi connectivity index (χ1) is 14.9. The van der Waals surface area contributed by atoms with Crippen LogP contribution in [0.3, 0.4) is 0 Å². The number of nitrogens with one attached hydrogen (secondary N) is 2. The van der Waals surface area contributed by atoms with E-state index in [1.54, 1.807) is 4.90 Å². The van der Waals surface area contributed by atoms with Gasteiger partial charge in [-0.2, -0.15) is 13.2 Å². The lowest BCUT2D eigenvalue weighted by molar-refractivity contribution is -0.141. The van der Waals surface area contributed by atoms with Crippen molar-refractivity contribution in [3.63, 3.8) is 0 Å². The maximum Gasteiger partial charge on any atom is 0.435 e. The Balaban J connectivity index is 1.81. The largest absolute Gasteiger partial charge is 0.435 e. The molecule has 0 bridgehead atoms. The van der Waals surface area contributed by atoms with Crippen LogP contribution in [0.25, 0.3) is 0 Å². The second kappa shape index (κ2) is 8.85. The Morgan fingerprint density at radius 3 is 2.22 bits per heavy atom. The van der Waals surface area contributed by atoms with Gasteiger partial charge >= 0.3 is 12.2 Å². The number of aromatic nitrogens is 1. The van der Waals surface area contributed by atoms with E-state index in [4.69, 9.17) is 0 Å². The smallest absolute Gasteiger partial charge is 0.325 e. The molecule has 0 atom stereocenters. The molecule has 1 aromatic heterocycles. The van der Waals surface area contributed by atoms with Crippen molar-refractivity contribution in [2.24, 2.45) is 0 Å². The predicted molar refractivity (Wildman–Crippen MR) is 109 cm³/mol. The molecule has 1 saturated heterocycles. The molecule has 0 spiro atoms. The number of likely N-dealkylation sites (tertiary alicyclic amines) is 1. The van der Waals surface area contributed by atoms with Gasteiger partial charge in [0.25, 0.3) is 5.91 Å². The zero-order valence-electron chi connectivity index (χ0n) is 17.2. The van der Waals surface area contributed by atoms with Crippen LogP contribution in [-0.2, 0) is 11.0 Å². The van der Waals surface area contributed by atoms with E-state index in [2.05, 4.69) is 15.6 Å². The van der Waals surface area contributed by atoms with Gasteiger partial charge in [-0.3, -0.25) is 14.9 Å². The number of carbonyl (C=O) groups excluding carboxylic acids is 3. The lowest BCUT2D eigenvalue weighted by atomic mass is 10.1. The molecule has 0 radical (unpaired) electrons. The van der Waals surface area contributed by atoms with Crippen molar-refractivity contribution in [3.8, 4) is 0 Å². The summed E-state index contributed by atoms with van der Waals surface area (Å²) in [6.45, 7) is 3.91. The summed E-state index contributed by atoms with van der Waals surface area (Å²) in [5.41, 5.74) is -3.06. The van der Waals surface area contributed by atoms with Gasteiger partial charge in [0.1, 0.15) is 16.2 Å². The predicted octanol–water partition coefficient (Wildman–Crippen LogP) is 4.05. The molecular formula is C20H20F4N4O3S. The second-order valence-corrected chi connectivity index (χ2v) is 8.73. The van der Waals surface area contributed by atoms with Crippen LogP contribution in [0.4, 0.5) is 27.5 Å². The highest BCUT2D eigenvalue weighted by Crippen LogP contribution is 2.37. The molecule has 2 N–H and O–H groups in total. The topological polar surface area (TPSA) is 91.4 Å². The van der Waals surface area contributed by atoms with Crippen LogP contribution in [0.5, 0.6) is 0 Å². The minimum absolute atomic E-state index is 0.156. The molecule has 1 aliphatic rings. The van der Waals surface area contributed by atoms with Crippen LogP contribution in [0.1, 0.15) is 47.6 Å². The maximum atomic E-state index is 13.5. The number of urea groups is 1. The number of hydrogen-bond acceptors (Lipinski definition) is 5. The Morgan fingerprint density at radius 2 is 1.66 bits per heavy atom. The van der Waals surface area contributed by atoms with E-state index >= 15 is 0 Å². The Morgan fingerprint density at radius 1 is 1.06 bits per heavy atom. The Hall–Kier alpha value is -3.02. The standard InChI is InChI=1S/C20H20F4N4O3S/c1-19(2,27-18(31)28-9-3-4-10-28)16(30)26-17-25-15(20(22,23)24)14(32-17)13(29)11-5-7-12(21)8-6-11/h5-8H,3-4,9-10H2,1-2H3,(H,27,31)(H,25,26,30). The highest BCUT2D eigenvalue weighted by Gasteiger charge is 2.41. The zero-order valence-corrected chi connectivity index (χ0v) is 18.0. The van der Waals surface area contributed by atoms with Gasteiger partial charge in [0, 0.05) is 18.7 Å². The molecule has 2 aromatic rings. The number of nitrogens with zero attached hydrogens (tertiary/aromatic N) is 2. The summed E-state index contributed by atoms with van der Waals surface area (Å²) in [4.78, 5) is 41.7. The minimum atomic E-state index is -4.95. The van der Waals surface area contributed by atoms with Gasteiger partial charge in [-0.1, -0.05) is 11.3 Å². The van der Waals surface area contributed by atoms with Crippen LogP contribution < -0.4 is 10.6 Å². The van der Waals surface area contributed by atoms with E-state index in [1.807, 2.05) is 0 Å². The molecular weight excluding hydrogens is 452 g/mol.